The zero-order valence-corrected chi connectivity index (χ0v) is 8.14. The number of carbonyl (C=O) groups excluding carboxylic acids is 1. The first-order valence-electron chi connectivity index (χ1n) is 4.72. The fraction of sp³-hybridized carbons (Fsp3) is 0.875. The standard InChI is InChI=1S/C8H14N2O4/c1-2-8(11)9-5-3-7(4-6-9)14-10(12)13/h7H,2-6H2,1H3. The van der Waals surface area contributed by atoms with Crippen molar-refractivity contribution in [2.45, 2.75) is 32.3 Å². The minimum Gasteiger partial charge on any atom is -0.343 e. The summed E-state index contributed by atoms with van der Waals surface area (Å²) in [6.45, 7) is 2.93. The largest absolute Gasteiger partial charge is 0.343 e. The number of carbonyl (C=O) groups is 1. The van der Waals surface area contributed by atoms with E-state index in [-0.39, 0.29) is 12.0 Å². The average Bonchev–Trinajstić information content (AvgIpc) is 2.17. The Bertz CT molecular complexity index is 223. The third kappa shape index (κ3) is 2.86. The van der Waals surface area contributed by atoms with Gasteiger partial charge >= 0.3 is 0 Å². The lowest BCUT2D eigenvalue weighted by molar-refractivity contribution is -0.769. The van der Waals surface area contributed by atoms with E-state index in [9.17, 15) is 14.9 Å². The topological polar surface area (TPSA) is 72.7 Å². The molecule has 0 aromatic carbocycles. The van der Waals surface area contributed by atoms with Crippen LogP contribution in [0.15, 0.2) is 0 Å². The van der Waals surface area contributed by atoms with Gasteiger partial charge in [-0.1, -0.05) is 6.92 Å². The normalized spacial score (nSPS) is 17.9. The molecule has 80 valence electrons. The molecule has 1 heterocycles. The van der Waals surface area contributed by atoms with Crippen LogP contribution in [0.25, 0.3) is 0 Å². The van der Waals surface area contributed by atoms with Gasteiger partial charge in [-0.25, -0.2) is 0 Å². The van der Waals surface area contributed by atoms with Crippen LogP contribution in [-0.4, -0.2) is 35.1 Å². The molecule has 1 fully saturated rings. The van der Waals surface area contributed by atoms with Crippen molar-refractivity contribution >= 4 is 5.91 Å². The van der Waals surface area contributed by atoms with Gasteiger partial charge in [-0.3, -0.25) is 4.79 Å². The predicted octanol–water partition coefficient (Wildman–Crippen LogP) is 0.596. The third-order valence-electron chi connectivity index (χ3n) is 2.33. The summed E-state index contributed by atoms with van der Waals surface area (Å²) in [5, 5.41) is 9.28. The van der Waals surface area contributed by atoms with Gasteiger partial charge in [-0.15, -0.1) is 10.1 Å². The lowest BCUT2D eigenvalue weighted by Crippen LogP contribution is -2.41. The van der Waals surface area contributed by atoms with Crippen molar-refractivity contribution < 1.29 is 14.7 Å². The molecule has 0 unspecified atom stereocenters. The molecule has 0 radical (unpaired) electrons. The van der Waals surface area contributed by atoms with Crippen LogP contribution in [0.1, 0.15) is 26.2 Å². The maximum atomic E-state index is 11.2. The second-order valence-electron chi connectivity index (χ2n) is 3.26. The van der Waals surface area contributed by atoms with Crippen LogP contribution >= 0.6 is 0 Å². The average molecular weight is 202 g/mol. The first kappa shape index (κ1) is 10.7. The molecule has 1 aliphatic heterocycles. The molecule has 0 aromatic heterocycles. The Hall–Kier alpha value is -1.33. The molecule has 1 saturated heterocycles. The third-order valence-corrected chi connectivity index (χ3v) is 2.33. The molecule has 6 nitrogen and oxygen atoms in total. The first-order chi connectivity index (χ1) is 6.63. The lowest BCUT2D eigenvalue weighted by Gasteiger charge is -2.30. The number of piperidine rings is 1. The summed E-state index contributed by atoms with van der Waals surface area (Å²) >= 11 is 0. The maximum absolute atomic E-state index is 11.2. The molecule has 0 atom stereocenters. The second-order valence-corrected chi connectivity index (χ2v) is 3.26. The molecule has 1 amide bonds. The van der Waals surface area contributed by atoms with E-state index in [1.54, 1.807) is 4.90 Å². The first-order valence-corrected chi connectivity index (χ1v) is 4.72. The molecule has 0 aromatic rings. The number of likely N-dealkylation sites (tertiary alicyclic amines) is 1. The van der Waals surface area contributed by atoms with Crippen LogP contribution in [-0.2, 0) is 9.63 Å². The fourth-order valence-corrected chi connectivity index (χ4v) is 1.56. The quantitative estimate of drug-likeness (QED) is 0.496. The van der Waals surface area contributed by atoms with E-state index in [1.165, 1.54) is 0 Å². The van der Waals surface area contributed by atoms with Gasteiger partial charge in [0.2, 0.25) is 5.91 Å². The van der Waals surface area contributed by atoms with Crippen molar-refractivity contribution in [2.75, 3.05) is 13.1 Å². The van der Waals surface area contributed by atoms with Gasteiger partial charge in [0.1, 0.15) is 6.10 Å². The fourth-order valence-electron chi connectivity index (χ4n) is 1.56. The zero-order valence-electron chi connectivity index (χ0n) is 8.14. The van der Waals surface area contributed by atoms with Gasteiger partial charge in [0.15, 0.2) is 0 Å². The minimum atomic E-state index is -0.762. The molecular weight excluding hydrogens is 188 g/mol. The highest BCUT2D eigenvalue weighted by Crippen LogP contribution is 2.14. The molecule has 0 bridgehead atoms. The molecule has 1 aliphatic rings. The van der Waals surface area contributed by atoms with Crippen molar-refractivity contribution in [1.82, 2.24) is 4.90 Å². The molecule has 1 rings (SSSR count). The van der Waals surface area contributed by atoms with Gasteiger partial charge in [-0.05, 0) is 12.8 Å². The van der Waals surface area contributed by atoms with E-state index in [1.807, 2.05) is 6.92 Å². The Morgan fingerprint density at radius 3 is 2.57 bits per heavy atom. The van der Waals surface area contributed by atoms with Crippen LogP contribution in [0.2, 0.25) is 0 Å². The zero-order chi connectivity index (χ0) is 10.6. The van der Waals surface area contributed by atoms with E-state index in [0.29, 0.717) is 32.4 Å². The maximum Gasteiger partial charge on any atom is 0.294 e. The van der Waals surface area contributed by atoms with Crippen molar-refractivity contribution in [3.05, 3.63) is 10.1 Å². The van der Waals surface area contributed by atoms with Crippen molar-refractivity contribution in [3.63, 3.8) is 0 Å². The summed E-state index contributed by atoms with van der Waals surface area (Å²) in [5.41, 5.74) is 0. The van der Waals surface area contributed by atoms with Gasteiger partial charge in [-0.2, -0.15) is 0 Å². The Labute approximate surface area is 81.9 Å². The van der Waals surface area contributed by atoms with Gasteiger partial charge in [0.05, 0.1) is 0 Å². The highest BCUT2D eigenvalue weighted by Gasteiger charge is 2.23. The van der Waals surface area contributed by atoms with Crippen LogP contribution in [0, 0.1) is 10.1 Å². The molecular formula is C8H14N2O4. The van der Waals surface area contributed by atoms with Crippen LogP contribution in [0.5, 0.6) is 0 Å². The highest BCUT2D eigenvalue weighted by molar-refractivity contribution is 5.75. The Morgan fingerprint density at radius 2 is 2.14 bits per heavy atom. The van der Waals surface area contributed by atoms with Crippen molar-refractivity contribution in [1.29, 1.82) is 0 Å². The molecule has 0 aliphatic carbocycles. The number of hydrogen-bond donors (Lipinski definition) is 0. The van der Waals surface area contributed by atoms with Crippen LogP contribution in [0.4, 0.5) is 0 Å². The summed E-state index contributed by atoms with van der Waals surface area (Å²) in [6.07, 6.45) is 1.24. The summed E-state index contributed by atoms with van der Waals surface area (Å²) < 4.78 is 0. The summed E-state index contributed by atoms with van der Waals surface area (Å²) in [4.78, 5) is 27.4. The van der Waals surface area contributed by atoms with Crippen molar-refractivity contribution in [3.8, 4) is 0 Å². The SMILES string of the molecule is CCC(=O)N1CCC(O[N+](=O)[O-])CC1. The van der Waals surface area contributed by atoms with Gasteiger partial charge in [0, 0.05) is 19.5 Å². The minimum absolute atomic E-state index is 0.101. The molecule has 0 spiro atoms. The van der Waals surface area contributed by atoms with Gasteiger partial charge in [0.25, 0.3) is 5.09 Å². The van der Waals surface area contributed by atoms with Gasteiger partial charge < -0.3 is 9.74 Å². The Balaban J connectivity index is 2.31. The monoisotopic (exact) mass is 202 g/mol. The number of amides is 1. The van der Waals surface area contributed by atoms with Crippen LogP contribution in [0.3, 0.4) is 0 Å². The number of rotatable bonds is 3. The molecule has 0 saturated carbocycles. The smallest absolute Gasteiger partial charge is 0.294 e. The predicted molar refractivity (Wildman–Crippen MR) is 48.0 cm³/mol. The number of nitrogens with zero attached hydrogens (tertiary/aromatic N) is 2. The Kier molecular flexibility index (Phi) is 3.67. The highest BCUT2D eigenvalue weighted by atomic mass is 17.0. The van der Waals surface area contributed by atoms with Crippen LogP contribution < -0.4 is 0 Å². The Morgan fingerprint density at radius 1 is 1.57 bits per heavy atom. The molecule has 0 N–H and O–H groups in total. The van der Waals surface area contributed by atoms with E-state index in [2.05, 4.69) is 4.84 Å². The van der Waals surface area contributed by atoms with E-state index in [0.717, 1.165) is 0 Å². The number of hydrogen-bond acceptors (Lipinski definition) is 4. The molecule has 6 heteroatoms. The summed E-state index contributed by atoms with van der Waals surface area (Å²) in [6, 6.07) is 0. The second kappa shape index (κ2) is 4.78. The van der Waals surface area contributed by atoms with E-state index < -0.39 is 5.09 Å². The van der Waals surface area contributed by atoms with E-state index >= 15 is 0 Å². The van der Waals surface area contributed by atoms with E-state index in [4.69, 9.17) is 0 Å². The van der Waals surface area contributed by atoms with Crippen molar-refractivity contribution in [2.24, 2.45) is 0 Å². The summed E-state index contributed by atoms with van der Waals surface area (Å²) in [5.74, 6) is 0.101. The lowest BCUT2D eigenvalue weighted by atomic mass is 10.1. The summed E-state index contributed by atoms with van der Waals surface area (Å²) in [7, 11) is 0. The molecule has 14 heavy (non-hydrogen) atoms.